The van der Waals surface area contributed by atoms with Crippen LogP contribution in [0.4, 0.5) is 4.39 Å². The zero-order valence-corrected chi connectivity index (χ0v) is 22.8. The molecule has 6 heteroatoms. The first-order valence-corrected chi connectivity index (χ1v) is 13.9. The molecule has 2 aliphatic rings. The van der Waals surface area contributed by atoms with Crippen LogP contribution in [-0.2, 0) is 11.2 Å². The van der Waals surface area contributed by atoms with E-state index in [-0.39, 0.29) is 29.1 Å². The second-order valence-electron chi connectivity index (χ2n) is 10.8. The summed E-state index contributed by atoms with van der Waals surface area (Å²) in [6, 6.07) is 13.0. The maximum atomic E-state index is 14.1. The lowest BCUT2D eigenvalue weighted by Crippen LogP contribution is -2.57. The summed E-state index contributed by atoms with van der Waals surface area (Å²) in [5.74, 6) is 0.739. The second-order valence-corrected chi connectivity index (χ2v) is 12.3. The number of amides is 1. The van der Waals surface area contributed by atoms with Gasteiger partial charge in [-0.1, -0.05) is 24.3 Å². The molecule has 2 saturated carbocycles. The van der Waals surface area contributed by atoms with E-state index in [2.05, 4.69) is 12.2 Å². The molecule has 1 aromatic heterocycles. The van der Waals surface area contributed by atoms with Crippen molar-refractivity contribution in [2.75, 3.05) is 6.61 Å². The smallest absolute Gasteiger partial charge is 0.252 e. The monoisotopic (exact) mass is 519 g/mol. The van der Waals surface area contributed by atoms with Gasteiger partial charge in [-0.3, -0.25) is 9.59 Å². The maximum absolute atomic E-state index is 14.1. The number of thiophene rings is 1. The highest BCUT2D eigenvalue weighted by molar-refractivity contribution is 7.12. The van der Waals surface area contributed by atoms with E-state index in [4.69, 9.17) is 4.74 Å². The first kappa shape index (κ1) is 25.7. The van der Waals surface area contributed by atoms with Crippen molar-refractivity contribution in [3.63, 3.8) is 0 Å². The van der Waals surface area contributed by atoms with E-state index in [0.29, 0.717) is 24.6 Å². The molecule has 0 bridgehead atoms. The molecule has 37 heavy (non-hydrogen) atoms. The molecule has 0 aliphatic heterocycles. The number of ketones is 1. The summed E-state index contributed by atoms with van der Waals surface area (Å²) < 4.78 is 19.6. The topological polar surface area (TPSA) is 55.4 Å². The Morgan fingerprint density at radius 1 is 1.03 bits per heavy atom. The second kappa shape index (κ2) is 10.1. The average molecular weight is 520 g/mol. The number of aryl methyl sites for hydroxylation is 2. The van der Waals surface area contributed by atoms with Crippen LogP contribution in [0.25, 0.3) is 11.1 Å². The standard InChI is InChI=1S/C31H34FNO3S/c1-5-36-27-12-23(11-25(32)13-27)22-8-6-21(7-9-22)10-28-19(3)37-20(4)29(28)30(35)33-26-16-31(17-26)14-24(15-31)18(2)34/h6-9,11-13,24,26H,5,10,14-17H2,1-4H3,(H,33,35). The van der Waals surface area contributed by atoms with Gasteiger partial charge in [0, 0.05) is 27.8 Å². The molecule has 2 fully saturated rings. The van der Waals surface area contributed by atoms with E-state index >= 15 is 0 Å². The van der Waals surface area contributed by atoms with Crippen molar-refractivity contribution in [3.8, 4) is 16.9 Å². The van der Waals surface area contributed by atoms with E-state index in [1.165, 1.54) is 12.1 Å². The summed E-state index contributed by atoms with van der Waals surface area (Å²) in [6.07, 6.45) is 4.59. The molecule has 0 saturated heterocycles. The minimum atomic E-state index is -0.321. The molecule has 1 heterocycles. The highest BCUT2D eigenvalue weighted by Crippen LogP contribution is 2.58. The summed E-state index contributed by atoms with van der Waals surface area (Å²) in [4.78, 5) is 27.1. The molecule has 2 aliphatic carbocycles. The number of halogens is 1. The van der Waals surface area contributed by atoms with Gasteiger partial charge >= 0.3 is 0 Å². The molecule has 3 aromatic rings. The van der Waals surface area contributed by atoms with E-state index in [9.17, 15) is 14.0 Å². The number of ether oxygens (including phenoxy) is 1. The minimum absolute atomic E-state index is 0.0129. The molecule has 5 rings (SSSR count). The van der Waals surface area contributed by atoms with E-state index in [1.54, 1.807) is 18.3 Å². The number of benzene rings is 2. The van der Waals surface area contributed by atoms with Gasteiger partial charge in [0.1, 0.15) is 17.3 Å². The molecular weight excluding hydrogens is 485 g/mol. The SMILES string of the molecule is CCOc1cc(F)cc(-c2ccc(Cc3c(C)sc(C)c3C(=O)NC3CC4(C3)CC(C(C)=O)C4)cc2)c1. The Morgan fingerprint density at radius 3 is 2.38 bits per heavy atom. The number of hydrogen-bond donors (Lipinski definition) is 1. The lowest BCUT2D eigenvalue weighted by atomic mass is 9.49. The van der Waals surface area contributed by atoms with Gasteiger partial charge in [-0.05, 0) is 99.6 Å². The fraction of sp³-hybridized carbons (Fsp3) is 0.419. The third-order valence-electron chi connectivity index (χ3n) is 8.09. The van der Waals surface area contributed by atoms with Crippen molar-refractivity contribution in [2.45, 2.75) is 65.8 Å². The summed E-state index contributed by atoms with van der Waals surface area (Å²) in [5, 5.41) is 3.27. The Hall–Kier alpha value is -2.99. The number of rotatable bonds is 8. The van der Waals surface area contributed by atoms with Crippen molar-refractivity contribution in [3.05, 3.63) is 74.7 Å². The van der Waals surface area contributed by atoms with Gasteiger partial charge in [-0.15, -0.1) is 11.3 Å². The number of Topliss-reactive ketones (excluding diaryl/α,β-unsaturated/α-hetero) is 1. The van der Waals surface area contributed by atoms with E-state index in [0.717, 1.165) is 63.3 Å². The van der Waals surface area contributed by atoms with Crippen LogP contribution in [0.5, 0.6) is 5.75 Å². The summed E-state index contributed by atoms with van der Waals surface area (Å²) in [6.45, 7) is 8.15. The first-order valence-electron chi connectivity index (χ1n) is 13.1. The Morgan fingerprint density at radius 2 is 1.73 bits per heavy atom. The summed E-state index contributed by atoms with van der Waals surface area (Å²) in [7, 11) is 0. The molecule has 4 nitrogen and oxygen atoms in total. The third-order valence-corrected chi connectivity index (χ3v) is 9.15. The molecule has 0 atom stereocenters. The molecule has 1 N–H and O–H groups in total. The summed E-state index contributed by atoms with van der Waals surface area (Å²) in [5.41, 5.74) is 4.95. The zero-order valence-electron chi connectivity index (χ0n) is 21.9. The van der Waals surface area contributed by atoms with Gasteiger partial charge in [0.05, 0.1) is 12.2 Å². The largest absolute Gasteiger partial charge is 0.494 e. The maximum Gasteiger partial charge on any atom is 0.252 e. The average Bonchev–Trinajstić information content (AvgIpc) is 3.07. The van der Waals surface area contributed by atoms with Crippen LogP contribution >= 0.6 is 11.3 Å². The number of hydrogen-bond acceptors (Lipinski definition) is 4. The predicted molar refractivity (Wildman–Crippen MR) is 146 cm³/mol. The number of nitrogens with one attached hydrogen (secondary N) is 1. The van der Waals surface area contributed by atoms with Crippen LogP contribution in [-0.4, -0.2) is 24.3 Å². The van der Waals surface area contributed by atoms with Crippen LogP contribution in [0.2, 0.25) is 0 Å². The van der Waals surface area contributed by atoms with Crippen LogP contribution in [0.1, 0.15) is 70.8 Å². The van der Waals surface area contributed by atoms with Gasteiger partial charge in [-0.25, -0.2) is 4.39 Å². The van der Waals surface area contributed by atoms with Gasteiger partial charge < -0.3 is 10.1 Å². The van der Waals surface area contributed by atoms with Gasteiger partial charge in [0.25, 0.3) is 5.91 Å². The molecule has 1 spiro atoms. The van der Waals surface area contributed by atoms with Gasteiger partial charge in [0.15, 0.2) is 0 Å². The Balaban J connectivity index is 1.26. The van der Waals surface area contributed by atoms with Gasteiger partial charge in [0.2, 0.25) is 0 Å². The van der Waals surface area contributed by atoms with E-state index < -0.39 is 0 Å². The Kier molecular flexibility index (Phi) is 6.97. The van der Waals surface area contributed by atoms with Crippen LogP contribution < -0.4 is 10.1 Å². The Bertz CT molecular complexity index is 1330. The molecule has 0 radical (unpaired) electrons. The van der Waals surface area contributed by atoms with Crippen molar-refractivity contribution in [1.82, 2.24) is 5.32 Å². The number of carbonyl (C=O) groups is 2. The first-order chi connectivity index (χ1) is 17.7. The normalized spacial score (nSPS) is 22.3. The minimum Gasteiger partial charge on any atom is -0.494 e. The quantitative estimate of drug-likeness (QED) is 0.347. The van der Waals surface area contributed by atoms with Crippen LogP contribution in [0.15, 0.2) is 42.5 Å². The van der Waals surface area contributed by atoms with Crippen LogP contribution in [0.3, 0.4) is 0 Å². The molecule has 0 unspecified atom stereocenters. The van der Waals surface area contributed by atoms with E-state index in [1.807, 2.05) is 44.2 Å². The predicted octanol–water partition coefficient (Wildman–Crippen LogP) is 7.04. The highest BCUT2D eigenvalue weighted by Gasteiger charge is 2.54. The lowest BCUT2D eigenvalue weighted by Gasteiger charge is -2.57. The molecule has 194 valence electrons. The Labute approximate surface area is 222 Å². The molecule has 2 aromatic carbocycles. The molecule has 1 amide bonds. The third kappa shape index (κ3) is 5.22. The highest BCUT2D eigenvalue weighted by atomic mass is 32.1. The molecular formula is C31H34FNO3S. The van der Waals surface area contributed by atoms with Crippen molar-refractivity contribution < 1.29 is 18.7 Å². The summed E-state index contributed by atoms with van der Waals surface area (Å²) >= 11 is 1.67. The van der Waals surface area contributed by atoms with Gasteiger partial charge in [-0.2, -0.15) is 0 Å². The van der Waals surface area contributed by atoms with Crippen molar-refractivity contribution >= 4 is 23.0 Å². The fourth-order valence-corrected chi connectivity index (χ4v) is 7.27. The lowest BCUT2D eigenvalue weighted by molar-refractivity contribution is -0.134. The van der Waals surface area contributed by atoms with Crippen LogP contribution in [0, 0.1) is 31.0 Å². The van der Waals surface area contributed by atoms with Crippen molar-refractivity contribution in [1.29, 1.82) is 0 Å². The zero-order chi connectivity index (χ0) is 26.3. The van der Waals surface area contributed by atoms with Crippen molar-refractivity contribution in [2.24, 2.45) is 11.3 Å². The fourth-order valence-electron chi connectivity index (χ4n) is 6.19. The number of carbonyl (C=O) groups excluding carboxylic acids is 2.